The van der Waals surface area contributed by atoms with E-state index in [0.29, 0.717) is 0 Å². The fourth-order valence-corrected chi connectivity index (χ4v) is 2.11. The van der Waals surface area contributed by atoms with Crippen molar-refractivity contribution in [2.45, 2.75) is 13.5 Å². The molecule has 0 bridgehead atoms. The summed E-state index contributed by atoms with van der Waals surface area (Å²) >= 11 is 5.52. The molecule has 0 radical (unpaired) electrons. The Balaban J connectivity index is 1.75. The number of aryl methyl sites for hydroxylation is 1. The molecular formula is C12H18ClN3O. The molecule has 1 fully saturated rings. The van der Waals surface area contributed by atoms with Gasteiger partial charge >= 0.3 is 0 Å². The Kier molecular flexibility index (Phi) is 4.59. The van der Waals surface area contributed by atoms with Crippen LogP contribution in [0.25, 0.3) is 0 Å². The zero-order chi connectivity index (χ0) is 12.1. The first-order valence-corrected chi connectivity index (χ1v) is 6.33. The second-order valence-corrected chi connectivity index (χ2v) is 4.63. The number of aromatic nitrogens is 1. The summed E-state index contributed by atoms with van der Waals surface area (Å²) in [5, 5.41) is 3.90. The maximum atomic E-state index is 5.52. The lowest BCUT2D eigenvalue weighted by atomic mass is 10.3. The SMILES string of the molecule is Cc1cc(CN2CCN(C/C=C/Cl)CC2)on1. The minimum Gasteiger partial charge on any atom is -0.360 e. The van der Waals surface area contributed by atoms with E-state index in [-0.39, 0.29) is 0 Å². The Labute approximate surface area is 107 Å². The third-order valence-electron chi connectivity index (χ3n) is 2.97. The molecule has 94 valence electrons. The van der Waals surface area contributed by atoms with Crippen LogP contribution in [0.2, 0.25) is 0 Å². The van der Waals surface area contributed by atoms with Gasteiger partial charge in [-0.15, -0.1) is 0 Å². The van der Waals surface area contributed by atoms with Crippen LogP contribution in [-0.4, -0.2) is 47.7 Å². The van der Waals surface area contributed by atoms with E-state index >= 15 is 0 Å². The van der Waals surface area contributed by atoms with Gasteiger partial charge in [0.1, 0.15) is 0 Å². The highest BCUT2D eigenvalue weighted by atomic mass is 35.5. The average molecular weight is 256 g/mol. The highest BCUT2D eigenvalue weighted by Crippen LogP contribution is 2.09. The molecule has 1 aromatic heterocycles. The van der Waals surface area contributed by atoms with Crippen molar-refractivity contribution in [1.82, 2.24) is 15.0 Å². The van der Waals surface area contributed by atoms with Crippen LogP contribution in [0.15, 0.2) is 22.2 Å². The summed E-state index contributed by atoms with van der Waals surface area (Å²) in [6, 6.07) is 2.00. The quantitative estimate of drug-likeness (QED) is 0.822. The van der Waals surface area contributed by atoms with Crippen molar-refractivity contribution < 1.29 is 4.52 Å². The lowest BCUT2D eigenvalue weighted by Crippen LogP contribution is -2.45. The molecule has 0 unspecified atom stereocenters. The molecule has 0 spiro atoms. The van der Waals surface area contributed by atoms with Gasteiger partial charge in [-0.2, -0.15) is 0 Å². The Bertz CT molecular complexity index is 370. The summed E-state index contributed by atoms with van der Waals surface area (Å²) in [7, 11) is 0. The summed E-state index contributed by atoms with van der Waals surface area (Å²) in [4.78, 5) is 4.78. The van der Waals surface area contributed by atoms with Crippen molar-refractivity contribution in [3.05, 3.63) is 29.1 Å². The van der Waals surface area contributed by atoms with Crippen molar-refractivity contribution in [3.8, 4) is 0 Å². The summed E-state index contributed by atoms with van der Waals surface area (Å²) < 4.78 is 5.22. The largest absolute Gasteiger partial charge is 0.360 e. The maximum Gasteiger partial charge on any atom is 0.150 e. The van der Waals surface area contributed by atoms with Crippen molar-refractivity contribution in [3.63, 3.8) is 0 Å². The van der Waals surface area contributed by atoms with Gasteiger partial charge < -0.3 is 4.52 Å². The number of nitrogens with zero attached hydrogens (tertiary/aromatic N) is 3. The van der Waals surface area contributed by atoms with E-state index in [1.807, 2.05) is 19.1 Å². The minimum absolute atomic E-state index is 0.861. The summed E-state index contributed by atoms with van der Waals surface area (Å²) in [5.41, 5.74) is 2.54. The van der Waals surface area contributed by atoms with Crippen LogP contribution in [0.3, 0.4) is 0 Å². The summed E-state index contributed by atoms with van der Waals surface area (Å²) in [6.45, 7) is 8.04. The van der Waals surface area contributed by atoms with Crippen LogP contribution in [0, 0.1) is 6.92 Å². The normalized spacial score (nSPS) is 19.2. The molecule has 2 heterocycles. The molecule has 0 saturated carbocycles. The first-order valence-electron chi connectivity index (χ1n) is 5.90. The molecular weight excluding hydrogens is 238 g/mol. The van der Waals surface area contributed by atoms with Crippen LogP contribution < -0.4 is 0 Å². The van der Waals surface area contributed by atoms with E-state index in [2.05, 4.69) is 15.0 Å². The second-order valence-electron chi connectivity index (χ2n) is 4.37. The van der Waals surface area contributed by atoms with Gasteiger partial charge in [-0.1, -0.05) is 22.8 Å². The molecule has 1 saturated heterocycles. The van der Waals surface area contributed by atoms with Gasteiger partial charge in [0.05, 0.1) is 12.2 Å². The number of rotatable bonds is 4. The maximum absolute atomic E-state index is 5.52. The van der Waals surface area contributed by atoms with Crippen LogP contribution >= 0.6 is 11.6 Å². The molecule has 2 rings (SSSR count). The first-order chi connectivity index (χ1) is 8.28. The predicted molar refractivity (Wildman–Crippen MR) is 68.0 cm³/mol. The third-order valence-corrected chi connectivity index (χ3v) is 3.15. The minimum atomic E-state index is 0.861. The molecule has 0 atom stereocenters. The lowest BCUT2D eigenvalue weighted by Gasteiger charge is -2.33. The van der Waals surface area contributed by atoms with Crippen LogP contribution in [-0.2, 0) is 6.54 Å². The Hall–Kier alpha value is -0.840. The summed E-state index contributed by atoms with van der Waals surface area (Å²) in [5.74, 6) is 0.955. The predicted octanol–water partition coefficient (Wildman–Crippen LogP) is 1.85. The van der Waals surface area contributed by atoms with Gasteiger partial charge in [0.2, 0.25) is 0 Å². The van der Waals surface area contributed by atoms with Gasteiger partial charge in [-0.25, -0.2) is 0 Å². The van der Waals surface area contributed by atoms with Gasteiger partial charge in [0.25, 0.3) is 0 Å². The molecule has 0 amide bonds. The Morgan fingerprint density at radius 1 is 1.35 bits per heavy atom. The first kappa shape index (κ1) is 12.6. The van der Waals surface area contributed by atoms with Gasteiger partial charge in [0, 0.05) is 44.3 Å². The van der Waals surface area contributed by atoms with E-state index < -0.39 is 0 Å². The topological polar surface area (TPSA) is 32.5 Å². The number of piperazine rings is 1. The van der Waals surface area contributed by atoms with Crippen LogP contribution in [0.1, 0.15) is 11.5 Å². The second kappa shape index (κ2) is 6.19. The molecule has 0 N–H and O–H groups in total. The van der Waals surface area contributed by atoms with Gasteiger partial charge in [0.15, 0.2) is 5.76 Å². The number of hydrogen-bond donors (Lipinski definition) is 0. The van der Waals surface area contributed by atoms with Crippen molar-refractivity contribution in [1.29, 1.82) is 0 Å². The molecule has 1 aliphatic rings. The van der Waals surface area contributed by atoms with E-state index in [4.69, 9.17) is 16.1 Å². The third kappa shape index (κ3) is 3.84. The van der Waals surface area contributed by atoms with Gasteiger partial charge in [-0.05, 0) is 6.92 Å². The zero-order valence-electron chi connectivity index (χ0n) is 10.1. The fraction of sp³-hybridized carbons (Fsp3) is 0.583. The lowest BCUT2D eigenvalue weighted by molar-refractivity contribution is 0.127. The summed E-state index contributed by atoms with van der Waals surface area (Å²) in [6.07, 6.45) is 1.98. The molecule has 17 heavy (non-hydrogen) atoms. The van der Waals surface area contributed by atoms with Crippen molar-refractivity contribution >= 4 is 11.6 Å². The average Bonchev–Trinajstić information content (AvgIpc) is 2.74. The zero-order valence-corrected chi connectivity index (χ0v) is 10.9. The number of halogens is 1. The van der Waals surface area contributed by atoms with E-state index in [1.165, 1.54) is 0 Å². The monoisotopic (exact) mass is 255 g/mol. The molecule has 5 heteroatoms. The Morgan fingerprint density at radius 3 is 2.65 bits per heavy atom. The van der Waals surface area contributed by atoms with Crippen molar-refractivity contribution in [2.24, 2.45) is 0 Å². The molecule has 4 nitrogen and oxygen atoms in total. The molecule has 1 aliphatic heterocycles. The fourth-order valence-electron chi connectivity index (χ4n) is 2.03. The number of hydrogen-bond acceptors (Lipinski definition) is 4. The van der Waals surface area contributed by atoms with Crippen LogP contribution in [0.5, 0.6) is 0 Å². The molecule has 1 aromatic rings. The van der Waals surface area contributed by atoms with Crippen LogP contribution in [0.4, 0.5) is 0 Å². The molecule has 0 aliphatic carbocycles. The standard InChI is InChI=1S/C12H18ClN3O/c1-11-9-12(17-14-11)10-16-7-5-15(6-8-16)4-2-3-13/h2-3,9H,4-8,10H2,1H3/b3-2+. The Morgan fingerprint density at radius 2 is 2.06 bits per heavy atom. The van der Waals surface area contributed by atoms with E-state index in [9.17, 15) is 0 Å². The van der Waals surface area contributed by atoms with E-state index in [1.54, 1.807) is 5.54 Å². The smallest absolute Gasteiger partial charge is 0.150 e. The van der Waals surface area contributed by atoms with Crippen molar-refractivity contribution in [2.75, 3.05) is 32.7 Å². The highest BCUT2D eigenvalue weighted by Gasteiger charge is 2.17. The molecule has 0 aromatic carbocycles. The highest BCUT2D eigenvalue weighted by molar-refractivity contribution is 6.25. The van der Waals surface area contributed by atoms with E-state index in [0.717, 1.165) is 50.7 Å². The van der Waals surface area contributed by atoms with Gasteiger partial charge in [-0.3, -0.25) is 9.80 Å².